The summed E-state index contributed by atoms with van der Waals surface area (Å²) in [4.78, 5) is 124. The third-order valence-electron chi connectivity index (χ3n) is 10.7. The van der Waals surface area contributed by atoms with E-state index < -0.39 is 12.2 Å². The molecule has 0 unspecified atom stereocenters. The highest BCUT2D eigenvalue weighted by molar-refractivity contribution is 7.81. The molecule has 0 bridgehead atoms. The number of unbranched alkanes of at least 4 members (excludes halogenated alkanes) is 9. The monoisotopic (exact) mass is 1130 g/mol. The smallest absolute Gasteiger partial charge is 0.409 e. The van der Waals surface area contributed by atoms with E-state index in [0.29, 0.717) is 58.3 Å². The Morgan fingerprint density at radius 3 is 0.770 bits per heavy atom. The van der Waals surface area contributed by atoms with Gasteiger partial charge in [0, 0.05) is 104 Å². The number of ether oxygens (including phenoxy) is 3. The Labute approximate surface area is 459 Å². The van der Waals surface area contributed by atoms with Crippen molar-refractivity contribution in [3.05, 3.63) is 0 Å². The molecule has 0 heterocycles. The zero-order chi connectivity index (χ0) is 54.9. The van der Waals surface area contributed by atoms with E-state index in [1.165, 1.54) is 9.80 Å². The summed E-state index contributed by atoms with van der Waals surface area (Å²) in [7, 11) is 0. The van der Waals surface area contributed by atoms with Crippen molar-refractivity contribution in [3.8, 4) is 0 Å². The number of carbonyl (C=O) groups is 10. The van der Waals surface area contributed by atoms with Crippen molar-refractivity contribution < 1.29 is 62.2 Å². The molecule has 0 spiro atoms. The zero-order valence-electron chi connectivity index (χ0n) is 43.2. The van der Waals surface area contributed by atoms with E-state index in [-0.39, 0.29) is 168 Å². The summed E-state index contributed by atoms with van der Waals surface area (Å²) < 4.78 is 16.4. The normalized spacial score (nSPS) is 10.6. The van der Waals surface area contributed by atoms with Crippen LogP contribution in [0.5, 0.6) is 0 Å². The second-order valence-electron chi connectivity index (χ2n) is 16.8. The fraction of sp³-hybridized carbons (Fsp3) is 0.787. The van der Waals surface area contributed by atoms with E-state index in [0.717, 1.165) is 57.8 Å². The Morgan fingerprint density at radius 2 is 0.514 bits per heavy atom. The second kappa shape index (κ2) is 49.5. The number of thiol groups is 4. The summed E-state index contributed by atoms with van der Waals surface area (Å²) in [5.74, 6) is -0.848. The van der Waals surface area contributed by atoms with Crippen LogP contribution in [-0.2, 0) is 52.6 Å². The number of rotatable bonds is 47. The molecule has 23 nitrogen and oxygen atoms in total. The van der Waals surface area contributed by atoms with E-state index in [1.807, 2.05) is 0 Å². The van der Waals surface area contributed by atoms with Crippen molar-refractivity contribution in [2.24, 2.45) is 0 Å². The molecule has 0 fully saturated rings. The van der Waals surface area contributed by atoms with Gasteiger partial charge in [-0.3, -0.25) is 38.4 Å². The molecule has 27 heteroatoms. The fourth-order valence-corrected chi connectivity index (χ4v) is 7.03. The zero-order valence-corrected chi connectivity index (χ0v) is 46.7. The lowest BCUT2D eigenvalue weighted by Gasteiger charge is -2.23. The lowest BCUT2D eigenvalue weighted by molar-refractivity contribution is -0.122. The van der Waals surface area contributed by atoms with Gasteiger partial charge in [-0.25, -0.2) is 9.59 Å². The first kappa shape index (κ1) is 69.7. The van der Waals surface area contributed by atoms with Crippen molar-refractivity contribution in [1.29, 1.82) is 0 Å². The molecule has 0 aromatic carbocycles. The highest BCUT2D eigenvalue weighted by Gasteiger charge is 2.18. The van der Waals surface area contributed by atoms with E-state index in [2.05, 4.69) is 93.0 Å². The summed E-state index contributed by atoms with van der Waals surface area (Å²) in [6.45, 7) is 2.76. The summed E-state index contributed by atoms with van der Waals surface area (Å²) >= 11 is 15.7. The summed E-state index contributed by atoms with van der Waals surface area (Å²) in [5, 5.41) is 22.2. The molecule has 0 aliphatic heterocycles. The minimum atomic E-state index is -0.688. The van der Waals surface area contributed by atoms with Crippen LogP contribution in [0.1, 0.15) is 109 Å². The summed E-state index contributed by atoms with van der Waals surface area (Å²) in [6, 6.07) is 0. The minimum absolute atomic E-state index is 0.0269. The highest BCUT2D eigenvalue weighted by atomic mass is 32.1. The van der Waals surface area contributed by atoms with Crippen LogP contribution in [-0.4, -0.2) is 197 Å². The van der Waals surface area contributed by atoms with Crippen molar-refractivity contribution in [2.45, 2.75) is 109 Å². The third-order valence-corrected chi connectivity index (χ3v) is 11.8. The molecule has 0 atom stereocenters. The number of amides is 10. The largest absolute Gasteiger partial charge is 0.447 e. The molecule has 0 aliphatic rings. The Bertz CT molecular complexity index is 1580. The maximum atomic E-state index is 13.1. The fourth-order valence-electron chi connectivity index (χ4n) is 6.58. The average molecular weight is 1130 g/mol. The molecule has 0 radical (unpaired) electrons. The molecule has 10 amide bonds. The van der Waals surface area contributed by atoms with Crippen molar-refractivity contribution >= 4 is 110 Å². The number of nitrogens with zero attached hydrogens (tertiary/aromatic N) is 2. The Morgan fingerprint density at radius 1 is 0.284 bits per heavy atom. The molecule has 0 aromatic heterocycles. The number of carbonyl (C=O) groups excluding carboxylic acids is 10. The standard InChI is InChI=1S/C47H86N10O13S4/c58-38(14-6-1-2-10-18-48-42(62)34-71)52-22-26-56(27-23-53-39(59)15-7-3-11-19-49-43(63)35-72)46(66)69-32-30-68-31-33-70-47(67)57(28-24-54-40(60)16-8-4-12-20-50-44(64)36-73)29-25-55-41(61)17-9-5-13-21-51-45(65)37-74/h71-74H,1-37H2,(H,48,62)(H,49,63)(H,50,64)(H,51,65)(H,52,58)(H,53,59)(H,54,60)(H,55,61). The number of nitrogens with one attached hydrogen (secondary N) is 8. The predicted octanol–water partition coefficient (Wildman–Crippen LogP) is 1.16. The van der Waals surface area contributed by atoms with Crippen LogP contribution in [0.3, 0.4) is 0 Å². The second-order valence-corrected chi connectivity index (χ2v) is 18.1. The molecule has 0 saturated carbocycles. The van der Waals surface area contributed by atoms with Gasteiger partial charge in [0.05, 0.1) is 36.2 Å². The van der Waals surface area contributed by atoms with E-state index in [9.17, 15) is 47.9 Å². The molecular formula is C47H86N10O13S4. The van der Waals surface area contributed by atoms with Gasteiger partial charge in [-0.05, 0) is 51.4 Å². The Kier molecular flexibility index (Phi) is 46.6. The molecule has 8 N–H and O–H groups in total. The van der Waals surface area contributed by atoms with Gasteiger partial charge < -0.3 is 66.5 Å². The van der Waals surface area contributed by atoms with Crippen LogP contribution in [0.25, 0.3) is 0 Å². The summed E-state index contributed by atoms with van der Waals surface area (Å²) in [5.41, 5.74) is 0. The van der Waals surface area contributed by atoms with Crippen molar-refractivity contribution in [2.75, 3.05) is 128 Å². The molecule has 74 heavy (non-hydrogen) atoms. The highest BCUT2D eigenvalue weighted by Crippen LogP contribution is 2.05. The van der Waals surface area contributed by atoms with Gasteiger partial charge in [-0.15, -0.1) is 0 Å². The van der Waals surface area contributed by atoms with Crippen LogP contribution in [0.2, 0.25) is 0 Å². The van der Waals surface area contributed by atoms with Crippen LogP contribution >= 0.6 is 50.5 Å². The van der Waals surface area contributed by atoms with Crippen LogP contribution < -0.4 is 42.5 Å². The minimum Gasteiger partial charge on any atom is -0.447 e. The van der Waals surface area contributed by atoms with Gasteiger partial charge in [0.15, 0.2) is 0 Å². The lowest BCUT2D eigenvalue weighted by atomic mass is 10.1. The average Bonchev–Trinajstić information content (AvgIpc) is 3.39. The number of hydrogen-bond donors (Lipinski definition) is 12. The number of hydrogen-bond acceptors (Lipinski definition) is 17. The Balaban J connectivity index is 5.04. The van der Waals surface area contributed by atoms with E-state index in [4.69, 9.17) is 14.2 Å². The first-order valence-electron chi connectivity index (χ1n) is 25.7. The first-order chi connectivity index (χ1) is 35.8. The quantitative estimate of drug-likeness (QED) is 0.0301. The van der Waals surface area contributed by atoms with Gasteiger partial charge in [-0.2, -0.15) is 50.5 Å². The van der Waals surface area contributed by atoms with Crippen molar-refractivity contribution in [3.63, 3.8) is 0 Å². The van der Waals surface area contributed by atoms with Gasteiger partial charge in [0.25, 0.3) is 0 Å². The molecule has 0 rings (SSSR count). The van der Waals surface area contributed by atoms with Gasteiger partial charge in [-0.1, -0.05) is 32.1 Å². The van der Waals surface area contributed by atoms with Crippen LogP contribution in [0.15, 0.2) is 0 Å². The summed E-state index contributed by atoms with van der Waals surface area (Å²) in [6.07, 6.45) is 9.15. The lowest BCUT2D eigenvalue weighted by Crippen LogP contribution is -2.43. The molecule has 0 aliphatic carbocycles. The maximum absolute atomic E-state index is 13.1. The van der Waals surface area contributed by atoms with E-state index >= 15 is 0 Å². The molecule has 426 valence electrons. The Hall–Kier alpha value is -4.34. The van der Waals surface area contributed by atoms with Crippen molar-refractivity contribution in [1.82, 2.24) is 52.3 Å². The van der Waals surface area contributed by atoms with Crippen LogP contribution in [0.4, 0.5) is 9.59 Å². The van der Waals surface area contributed by atoms with Gasteiger partial charge in [0.2, 0.25) is 47.3 Å². The first-order valence-corrected chi connectivity index (χ1v) is 28.3. The van der Waals surface area contributed by atoms with E-state index in [1.54, 1.807) is 0 Å². The molecule has 0 aromatic rings. The maximum Gasteiger partial charge on any atom is 0.409 e. The molecule has 0 saturated heterocycles. The SMILES string of the molecule is O=C(CS)NCCCCCCC(=O)NCCN(CCNC(=O)CCCCCNC(=O)CS)C(=O)OCCOCCOC(=O)N(CCNC(=O)CCCCCNC(=O)CS)CCNC(=O)CCCCCNC(=O)CS. The van der Waals surface area contributed by atoms with Crippen LogP contribution in [0, 0.1) is 0 Å². The third kappa shape index (κ3) is 44.0. The van der Waals surface area contributed by atoms with Gasteiger partial charge >= 0.3 is 12.2 Å². The molecular weight excluding hydrogens is 1040 g/mol. The topological polar surface area (TPSA) is 301 Å². The predicted molar refractivity (Wildman–Crippen MR) is 295 cm³/mol. The van der Waals surface area contributed by atoms with Gasteiger partial charge in [0.1, 0.15) is 13.2 Å².